The summed E-state index contributed by atoms with van der Waals surface area (Å²) in [6.45, 7) is 1.99. The van der Waals surface area contributed by atoms with Gasteiger partial charge in [-0.2, -0.15) is 0 Å². The number of hydrogen-bond donors (Lipinski definition) is 1. The molecule has 0 unspecified atom stereocenters. The van der Waals surface area contributed by atoms with Crippen LogP contribution in [0.5, 0.6) is 0 Å². The van der Waals surface area contributed by atoms with Crippen LogP contribution in [0.3, 0.4) is 0 Å². The lowest BCUT2D eigenvalue weighted by Crippen LogP contribution is -2.26. The normalized spacial score (nSPS) is 12.2. The molecule has 0 saturated carbocycles. The molecule has 25 heavy (non-hydrogen) atoms. The van der Waals surface area contributed by atoms with Crippen molar-refractivity contribution in [1.29, 1.82) is 0 Å². The van der Waals surface area contributed by atoms with Crippen molar-refractivity contribution in [1.82, 2.24) is 14.9 Å². The zero-order valence-electron chi connectivity index (χ0n) is 13.7. The van der Waals surface area contributed by atoms with E-state index in [1.165, 1.54) is 0 Å². The number of carbonyl (C=O) groups excluding carboxylic acids is 1. The number of thiazole rings is 1. The van der Waals surface area contributed by atoms with Gasteiger partial charge in [-0.15, -0.1) is 0 Å². The van der Waals surface area contributed by atoms with Crippen molar-refractivity contribution in [2.45, 2.75) is 13.0 Å². The van der Waals surface area contributed by atoms with E-state index in [1.54, 1.807) is 11.3 Å². The Morgan fingerprint density at radius 3 is 2.60 bits per heavy atom. The summed E-state index contributed by atoms with van der Waals surface area (Å²) in [5.74, 6) is -0.0748. The molecule has 1 N–H and O–H groups in total. The van der Waals surface area contributed by atoms with Crippen molar-refractivity contribution in [2.24, 2.45) is 0 Å². The van der Waals surface area contributed by atoms with Crippen molar-refractivity contribution in [2.75, 3.05) is 0 Å². The van der Waals surface area contributed by atoms with Gasteiger partial charge in [0.1, 0.15) is 0 Å². The van der Waals surface area contributed by atoms with E-state index in [1.807, 2.05) is 84.5 Å². The van der Waals surface area contributed by atoms with E-state index in [-0.39, 0.29) is 11.9 Å². The summed E-state index contributed by atoms with van der Waals surface area (Å²) in [7, 11) is 0. The van der Waals surface area contributed by atoms with Crippen LogP contribution in [0, 0.1) is 0 Å². The molecule has 2 heterocycles. The first-order valence-electron chi connectivity index (χ1n) is 8.10. The minimum Gasteiger partial charge on any atom is -0.346 e. The average Bonchev–Trinajstić information content (AvgIpc) is 3.31. The Hall–Kier alpha value is -2.92. The predicted octanol–water partition coefficient (Wildman–Crippen LogP) is 4.58. The van der Waals surface area contributed by atoms with Gasteiger partial charge in [0.2, 0.25) is 0 Å². The molecule has 1 amide bonds. The number of nitrogens with one attached hydrogen (secondary N) is 1. The van der Waals surface area contributed by atoms with Gasteiger partial charge in [0, 0.05) is 18.0 Å². The van der Waals surface area contributed by atoms with E-state index in [0.717, 1.165) is 20.9 Å². The number of rotatable bonds is 4. The molecule has 0 aliphatic heterocycles. The Morgan fingerprint density at radius 2 is 1.84 bits per heavy atom. The molecule has 4 rings (SSSR count). The minimum atomic E-state index is -0.0748. The molecular formula is C20H17N3OS. The molecule has 0 aliphatic rings. The van der Waals surface area contributed by atoms with Crippen LogP contribution >= 0.6 is 11.3 Å². The van der Waals surface area contributed by atoms with E-state index < -0.39 is 0 Å². The van der Waals surface area contributed by atoms with Gasteiger partial charge in [-0.05, 0) is 42.8 Å². The van der Waals surface area contributed by atoms with Crippen molar-refractivity contribution in [3.63, 3.8) is 0 Å². The Morgan fingerprint density at radius 1 is 1.08 bits per heavy atom. The van der Waals surface area contributed by atoms with Crippen molar-refractivity contribution < 1.29 is 4.79 Å². The third-order valence-electron chi connectivity index (χ3n) is 4.11. The van der Waals surface area contributed by atoms with Gasteiger partial charge >= 0.3 is 0 Å². The van der Waals surface area contributed by atoms with E-state index in [4.69, 9.17) is 0 Å². The van der Waals surface area contributed by atoms with Crippen LogP contribution in [0.2, 0.25) is 0 Å². The third kappa shape index (κ3) is 3.19. The smallest absolute Gasteiger partial charge is 0.251 e. The lowest BCUT2D eigenvalue weighted by atomic mass is 10.1. The molecule has 0 bridgehead atoms. The van der Waals surface area contributed by atoms with Gasteiger partial charge < -0.3 is 9.88 Å². The maximum Gasteiger partial charge on any atom is 0.251 e. The van der Waals surface area contributed by atoms with Gasteiger partial charge in [0.25, 0.3) is 5.91 Å². The standard InChI is InChI=1S/C20H17N3OS/c1-14(15-7-3-2-4-8-15)21-19(24)16-9-10-17-18(13-16)25-20(22-17)23-11-5-6-12-23/h2-14H,1H3,(H,21,24)/t14-/m0/s1. The Labute approximate surface area is 149 Å². The van der Waals surface area contributed by atoms with Gasteiger partial charge in [-0.3, -0.25) is 4.79 Å². The summed E-state index contributed by atoms with van der Waals surface area (Å²) in [6.07, 6.45) is 3.93. The van der Waals surface area contributed by atoms with Gasteiger partial charge in [0.15, 0.2) is 5.13 Å². The molecule has 0 aliphatic carbocycles. The summed E-state index contributed by atoms with van der Waals surface area (Å²) < 4.78 is 2.98. The topological polar surface area (TPSA) is 46.9 Å². The Balaban J connectivity index is 1.57. The number of amides is 1. The fourth-order valence-corrected chi connectivity index (χ4v) is 3.70. The van der Waals surface area contributed by atoms with E-state index in [0.29, 0.717) is 5.56 Å². The molecule has 2 aromatic heterocycles. The molecule has 4 aromatic rings. The molecule has 0 saturated heterocycles. The van der Waals surface area contributed by atoms with Crippen molar-refractivity contribution in [3.8, 4) is 5.13 Å². The highest BCUT2D eigenvalue weighted by Gasteiger charge is 2.13. The number of hydrogen-bond acceptors (Lipinski definition) is 3. The summed E-state index contributed by atoms with van der Waals surface area (Å²) >= 11 is 1.57. The highest BCUT2D eigenvalue weighted by molar-refractivity contribution is 7.20. The summed E-state index contributed by atoms with van der Waals surface area (Å²) in [5, 5.41) is 3.95. The second-order valence-electron chi connectivity index (χ2n) is 5.88. The van der Waals surface area contributed by atoms with E-state index in [2.05, 4.69) is 10.3 Å². The highest BCUT2D eigenvalue weighted by atomic mass is 32.1. The summed E-state index contributed by atoms with van der Waals surface area (Å²) in [4.78, 5) is 17.2. The fourth-order valence-electron chi connectivity index (χ4n) is 2.73. The highest BCUT2D eigenvalue weighted by Crippen LogP contribution is 2.26. The van der Waals surface area contributed by atoms with Crippen LogP contribution in [0.1, 0.15) is 28.9 Å². The van der Waals surface area contributed by atoms with Gasteiger partial charge in [-0.25, -0.2) is 4.98 Å². The third-order valence-corrected chi connectivity index (χ3v) is 5.14. The molecule has 1 atom stereocenters. The van der Waals surface area contributed by atoms with Crippen LogP contribution in [-0.4, -0.2) is 15.5 Å². The molecule has 2 aromatic carbocycles. The number of benzene rings is 2. The Kier molecular flexibility index (Phi) is 4.07. The molecule has 0 fully saturated rings. The largest absolute Gasteiger partial charge is 0.346 e. The minimum absolute atomic E-state index is 0.0405. The van der Waals surface area contributed by atoms with Crippen molar-refractivity contribution in [3.05, 3.63) is 84.2 Å². The first-order chi connectivity index (χ1) is 12.2. The zero-order chi connectivity index (χ0) is 17.2. The lowest BCUT2D eigenvalue weighted by Gasteiger charge is -2.14. The molecule has 0 spiro atoms. The monoisotopic (exact) mass is 347 g/mol. The first-order valence-corrected chi connectivity index (χ1v) is 8.92. The number of aromatic nitrogens is 2. The van der Waals surface area contributed by atoms with Crippen molar-refractivity contribution >= 4 is 27.5 Å². The van der Waals surface area contributed by atoms with Crippen LogP contribution in [0.4, 0.5) is 0 Å². The van der Waals surface area contributed by atoms with Crippen LogP contribution < -0.4 is 5.32 Å². The molecule has 0 radical (unpaired) electrons. The van der Waals surface area contributed by atoms with Gasteiger partial charge in [-0.1, -0.05) is 41.7 Å². The SMILES string of the molecule is C[C@H](NC(=O)c1ccc2nc(-n3cccc3)sc2c1)c1ccccc1. The molecular weight excluding hydrogens is 330 g/mol. The number of carbonyl (C=O) groups is 1. The molecule has 4 nitrogen and oxygen atoms in total. The second-order valence-corrected chi connectivity index (χ2v) is 6.88. The second kappa shape index (κ2) is 6.53. The average molecular weight is 347 g/mol. The maximum atomic E-state index is 12.6. The van der Waals surface area contributed by atoms with Crippen LogP contribution in [0.25, 0.3) is 15.3 Å². The quantitative estimate of drug-likeness (QED) is 0.587. The lowest BCUT2D eigenvalue weighted by molar-refractivity contribution is 0.0940. The molecule has 5 heteroatoms. The van der Waals surface area contributed by atoms with E-state index in [9.17, 15) is 4.79 Å². The predicted molar refractivity (Wildman–Crippen MR) is 101 cm³/mol. The zero-order valence-corrected chi connectivity index (χ0v) is 14.5. The Bertz CT molecular complexity index is 1010. The summed E-state index contributed by atoms with van der Waals surface area (Å²) in [5.41, 5.74) is 2.64. The number of fused-ring (bicyclic) bond motifs is 1. The maximum absolute atomic E-state index is 12.6. The number of nitrogens with zero attached hydrogens (tertiary/aromatic N) is 2. The van der Waals surface area contributed by atoms with Crippen LogP contribution in [0.15, 0.2) is 73.1 Å². The van der Waals surface area contributed by atoms with Gasteiger partial charge in [0.05, 0.1) is 16.3 Å². The van der Waals surface area contributed by atoms with Crippen LogP contribution in [-0.2, 0) is 0 Å². The fraction of sp³-hybridized carbons (Fsp3) is 0.100. The van der Waals surface area contributed by atoms with E-state index >= 15 is 0 Å². The first kappa shape index (κ1) is 15.6. The summed E-state index contributed by atoms with van der Waals surface area (Å²) in [6, 6.07) is 19.5. The molecule has 124 valence electrons.